The first-order chi connectivity index (χ1) is 4.95. The molecule has 0 aliphatic carbocycles. The predicted octanol–water partition coefficient (Wildman–Crippen LogP) is 0.438. The van der Waals surface area contributed by atoms with Crippen LogP contribution >= 0.6 is 0 Å². The zero-order valence-corrected chi connectivity index (χ0v) is 5.76. The van der Waals surface area contributed by atoms with E-state index in [0.29, 0.717) is 0 Å². The number of rotatable bonds is 3. The predicted molar refractivity (Wildman–Crippen MR) is 30.6 cm³/mol. The summed E-state index contributed by atoms with van der Waals surface area (Å²) in [6.07, 6.45) is -7.74. The lowest BCUT2D eigenvalue weighted by Gasteiger charge is -2.14. The van der Waals surface area contributed by atoms with Crippen LogP contribution in [0, 0.1) is 0 Å². The molecule has 2 unspecified atom stereocenters. The molecule has 6 heteroatoms. The summed E-state index contributed by atoms with van der Waals surface area (Å²) >= 11 is 0. The summed E-state index contributed by atoms with van der Waals surface area (Å²) in [5.41, 5.74) is 4.72. The maximum absolute atomic E-state index is 12.1. The number of esters is 1. The Labute approximate surface area is 61.3 Å². The van der Waals surface area contributed by atoms with Gasteiger partial charge in [0.05, 0.1) is 0 Å². The minimum atomic E-state index is -3.23. The fourth-order valence-electron chi connectivity index (χ4n) is 0.400. The highest BCUT2D eigenvalue weighted by Crippen LogP contribution is 2.09. The Balaban J connectivity index is 3.82. The highest BCUT2D eigenvalue weighted by Gasteiger charge is 2.28. The summed E-state index contributed by atoms with van der Waals surface area (Å²) in [5.74, 6) is -0.888. The highest BCUT2D eigenvalue weighted by molar-refractivity contribution is 5.66. The first-order valence-electron chi connectivity index (χ1n) is 2.80. The lowest BCUT2D eigenvalue weighted by atomic mass is 10.3. The van der Waals surface area contributed by atoms with Crippen LogP contribution in [0.5, 0.6) is 0 Å². The Morgan fingerprint density at radius 3 is 2.18 bits per heavy atom. The fraction of sp³-hybridized carbons (Fsp3) is 0.800. The number of carbonyl (C=O) groups is 1. The molecule has 0 amide bonds. The van der Waals surface area contributed by atoms with Crippen molar-refractivity contribution in [2.45, 2.75) is 25.7 Å². The second kappa shape index (κ2) is 4.17. The van der Waals surface area contributed by atoms with Gasteiger partial charge in [-0.1, -0.05) is 0 Å². The molecule has 66 valence electrons. The van der Waals surface area contributed by atoms with E-state index in [2.05, 4.69) is 4.74 Å². The van der Waals surface area contributed by atoms with Crippen molar-refractivity contribution in [1.82, 2.24) is 0 Å². The molecule has 2 atom stereocenters. The Hall–Kier alpha value is -0.780. The Morgan fingerprint density at radius 2 is 1.91 bits per heavy atom. The van der Waals surface area contributed by atoms with Crippen LogP contribution in [0.1, 0.15) is 6.92 Å². The van der Waals surface area contributed by atoms with Crippen molar-refractivity contribution < 1.29 is 22.7 Å². The van der Waals surface area contributed by atoms with E-state index in [1.54, 1.807) is 0 Å². The zero-order chi connectivity index (χ0) is 9.02. The monoisotopic (exact) mass is 171 g/mol. The maximum atomic E-state index is 12.1. The third kappa shape index (κ3) is 3.82. The minimum absolute atomic E-state index is 0.888. The van der Waals surface area contributed by atoms with Gasteiger partial charge in [-0.25, -0.2) is 13.2 Å². The number of hydrogen-bond donors (Lipinski definition) is 1. The van der Waals surface area contributed by atoms with Gasteiger partial charge in [-0.2, -0.15) is 0 Å². The fourth-order valence-corrected chi connectivity index (χ4v) is 0.400. The third-order valence-electron chi connectivity index (χ3n) is 0.857. The van der Waals surface area contributed by atoms with E-state index in [1.165, 1.54) is 0 Å². The quantitative estimate of drug-likeness (QED) is 0.495. The second-order valence-corrected chi connectivity index (χ2v) is 1.85. The first kappa shape index (κ1) is 10.2. The summed E-state index contributed by atoms with van der Waals surface area (Å²) in [7, 11) is 0. The Morgan fingerprint density at radius 1 is 1.45 bits per heavy atom. The molecule has 0 aliphatic rings. The van der Waals surface area contributed by atoms with E-state index in [9.17, 15) is 18.0 Å². The number of halogens is 3. The van der Waals surface area contributed by atoms with Crippen LogP contribution in [0.3, 0.4) is 0 Å². The van der Waals surface area contributed by atoms with Gasteiger partial charge in [-0.05, 0) is 0 Å². The molecule has 0 fully saturated rings. The van der Waals surface area contributed by atoms with Gasteiger partial charge in [0.2, 0.25) is 6.17 Å². The standard InChI is InChI=1S/C5H8F3NO2/c1-2(10)11-5(9)3(6)4(7)8/h3-5H,9H2,1H3. The SMILES string of the molecule is CC(=O)OC(N)C(F)C(F)F. The van der Waals surface area contributed by atoms with E-state index >= 15 is 0 Å². The summed E-state index contributed by atoms with van der Waals surface area (Å²) in [4.78, 5) is 10.1. The van der Waals surface area contributed by atoms with Gasteiger partial charge in [0.1, 0.15) is 0 Å². The van der Waals surface area contributed by atoms with Crippen molar-refractivity contribution in [3.05, 3.63) is 0 Å². The molecule has 11 heavy (non-hydrogen) atoms. The normalized spacial score (nSPS) is 16.2. The van der Waals surface area contributed by atoms with Gasteiger partial charge in [-0.3, -0.25) is 10.5 Å². The van der Waals surface area contributed by atoms with Crippen molar-refractivity contribution in [1.29, 1.82) is 0 Å². The molecule has 0 aromatic carbocycles. The van der Waals surface area contributed by atoms with E-state index < -0.39 is 24.8 Å². The van der Waals surface area contributed by atoms with Gasteiger partial charge in [0, 0.05) is 6.92 Å². The largest absolute Gasteiger partial charge is 0.444 e. The number of alkyl halides is 3. The lowest BCUT2D eigenvalue weighted by Crippen LogP contribution is -2.39. The second-order valence-electron chi connectivity index (χ2n) is 1.85. The third-order valence-corrected chi connectivity index (χ3v) is 0.857. The van der Waals surface area contributed by atoms with Crippen LogP contribution in [0.25, 0.3) is 0 Å². The van der Waals surface area contributed by atoms with Crippen LogP contribution < -0.4 is 5.73 Å². The molecule has 2 N–H and O–H groups in total. The Kier molecular flexibility index (Phi) is 3.88. The van der Waals surface area contributed by atoms with E-state index in [0.717, 1.165) is 6.92 Å². The number of ether oxygens (including phenoxy) is 1. The number of carbonyl (C=O) groups excluding carboxylic acids is 1. The Bertz CT molecular complexity index is 142. The van der Waals surface area contributed by atoms with Crippen molar-refractivity contribution in [2.24, 2.45) is 5.73 Å². The topological polar surface area (TPSA) is 52.3 Å². The van der Waals surface area contributed by atoms with Crippen LogP contribution in [0.15, 0.2) is 0 Å². The molecular formula is C5H8F3NO2. The molecule has 0 saturated heterocycles. The molecular weight excluding hydrogens is 163 g/mol. The van der Waals surface area contributed by atoms with Crippen LogP contribution in [0.4, 0.5) is 13.2 Å². The van der Waals surface area contributed by atoms with E-state index in [4.69, 9.17) is 5.73 Å². The lowest BCUT2D eigenvalue weighted by molar-refractivity contribution is -0.153. The van der Waals surface area contributed by atoms with Gasteiger partial charge >= 0.3 is 5.97 Å². The van der Waals surface area contributed by atoms with Gasteiger partial charge < -0.3 is 4.74 Å². The van der Waals surface area contributed by atoms with Gasteiger partial charge in [0.15, 0.2) is 6.23 Å². The van der Waals surface area contributed by atoms with E-state index in [-0.39, 0.29) is 0 Å². The van der Waals surface area contributed by atoms with Crippen LogP contribution in [-0.4, -0.2) is 24.8 Å². The summed E-state index contributed by atoms with van der Waals surface area (Å²) in [6.45, 7) is 0.956. The molecule has 0 aromatic rings. The summed E-state index contributed by atoms with van der Waals surface area (Å²) in [5, 5.41) is 0. The summed E-state index contributed by atoms with van der Waals surface area (Å²) < 4.78 is 39.1. The van der Waals surface area contributed by atoms with E-state index in [1.807, 2.05) is 0 Å². The van der Waals surface area contributed by atoms with Crippen LogP contribution in [-0.2, 0) is 9.53 Å². The van der Waals surface area contributed by atoms with Gasteiger partial charge in [-0.15, -0.1) is 0 Å². The molecule has 0 heterocycles. The molecule has 0 aliphatic heterocycles. The molecule has 0 aromatic heterocycles. The van der Waals surface area contributed by atoms with Gasteiger partial charge in [0.25, 0.3) is 6.43 Å². The molecule has 0 spiro atoms. The first-order valence-corrected chi connectivity index (χ1v) is 2.80. The van der Waals surface area contributed by atoms with Crippen molar-refractivity contribution in [3.8, 4) is 0 Å². The average molecular weight is 171 g/mol. The number of nitrogens with two attached hydrogens (primary N) is 1. The average Bonchev–Trinajstić information content (AvgIpc) is 1.84. The smallest absolute Gasteiger partial charge is 0.304 e. The van der Waals surface area contributed by atoms with Crippen molar-refractivity contribution in [2.75, 3.05) is 0 Å². The van der Waals surface area contributed by atoms with Crippen LogP contribution in [0.2, 0.25) is 0 Å². The maximum Gasteiger partial charge on any atom is 0.304 e. The molecule has 0 rings (SSSR count). The molecule has 0 radical (unpaired) electrons. The van der Waals surface area contributed by atoms with Crippen molar-refractivity contribution in [3.63, 3.8) is 0 Å². The minimum Gasteiger partial charge on any atom is -0.444 e. The summed E-state index contributed by atoms with van der Waals surface area (Å²) in [6, 6.07) is 0. The molecule has 0 saturated carbocycles. The highest BCUT2D eigenvalue weighted by atomic mass is 19.3. The molecule has 3 nitrogen and oxygen atoms in total. The molecule has 0 bridgehead atoms. The van der Waals surface area contributed by atoms with Crippen molar-refractivity contribution >= 4 is 5.97 Å². The number of hydrogen-bond acceptors (Lipinski definition) is 3. The zero-order valence-electron chi connectivity index (χ0n) is 5.76.